The van der Waals surface area contributed by atoms with Crippen LogP contribution in [0.3, 0.4) is 0 Å². The first-order valence-electron chi connectivity index (χ1n) is 9.61. The number of aliphatic hydroxyl groups excluding tert-OH is 2. The second kappa shape index (κ2) is 8.67. The highest BCUT2D eigenvalue weighted by molar-refractivity contribution is 5.59. The second-order valence-corrected chi connectivity index (χ2v) is 7.52. The van der Waals surface area contributed by atoms with E-state index >= 15 is 0 Å². The van der Waals surface area contributed by atoms with Crippen molar-refractivity contribution in [2.24, 2.45) is 5.92 Å². The van der Waals surface area contributed by atoms with E-state index in [4.69, 9.17) is 4.74 Å². The van der Waals surface area contributed by atoms with Crippen LogP contribution in [0, 0.1) is 19.8 Å². The third-order valence-corrected chi connectivity index (χ3v) is 5.52. The number of ether oxygens (including phenoxy) is 1. The highest BCUT2D eigenvalue weighted by atomic mass is 16.5. The lowest BCUT2D eigenvalue weighted by molar-refractivity contribution is 0.182. The number of aliphatic hydroxyl groups is 2. The summed E-state index contributed by atoms with van der Waals surface area (Å²) >= 11 is 0. The number of phenolic OH excluding ortho intramolecular Hbond substituents is 2. The maximum absolute atomic E-state index is 10.9. The van der Waals surface area contributed by atoms with E-state index in [1.165, 1.54) is 0 Å². The van der Waals surface area contributed by atoms with Gasteiger partial charge in [-0.05, 0) is 73.1 Å². The average molecular weight is 384 g/mol. The zero-order valence-electron chi connectivity index (χ0n) is 16.4. The molecule has 4 N–H and O–H groups in total. The summed E-state index contributed by atoms with van der Waals surface area (Å²) in [5, 5.41) is 40.3. The fourth-order valence-corrected chi connectivity index (χ4v) is 4.14. The van der Waals surface area contributed by atoms with Gasteiger partial charge >= 0.3 is 0 Å². The van der Waals surface area contributed by atoms with Crippen molar-refractivity contribution < 1.29 is 25.2 Å². The molecule has 1 heterocycles. The van der Waals surface area contributed by atoms with Crippen LogP contribution in [0.15, 0.2) is 30.5 Å². The van der Waals surface area contributed by atoms with E-state index in [0.29, 0.717) is 30.8 Å². The maximum atomic E-state index is 10.9. The summed E-state index contributed by atoms with van der Waals surface area (Å²) in [6.07, 6.45) is 3.88. The van der Waals surface area contributed by atoms with Gasteiger partial charge in [-0.1, -0.05) is 12.1 Å². The Bertz CT molecular complexity index is 866. The molecule has 2 aromatic carbocycles. The van der Waals surface area contributed by atoms with E-state index in [1.807, 2.05) is 32.0 Å². The minimum Gasteiger partial charge on any atom is -0.516 e. The summed E-state index contributed by atoms with van der Waals surface area (Å²) in [7, 11) is 0. The van der Waals surface area contributed by atoms with Crippen molar-refractivity contribution in [3.8, 4) is 11.5 Å². The number of phenols is 2. The number of hydrogen-bond donors (Lipinski definition) is 4. The van der Waals surface area contributed by atoms with Gasteiger partial charge in [0.15, 0.2) is 0 Å². The Balaban J connectivity index is 2.22. The molecule has 28 heavy (non-hydrogen) atoms. The van der Waals surface area contributed by atoms with Crippen LogP contribution in [0.4, 0.5) is 0 Å². The molecule has 5 heteroatoms. The SMILES string of the molecule is Cc1cc(C=CO)cc(C(c2cc(CCO)cc(C)c2O)C2CCOC2)c1O. The van der Waals surface area contributed by atoms with Crippen LogP contribution in [-0.2, 0) is 11.2 Å². The molecule has 2 atom stereocenters. The van der Waals surface area contributed by atoms with Gasteiger partial charge in [0.05, 0.1) is 12.9 Å². The van der Waals surface area contributed by atoms with Gasteiger partial charge in [0.1, 0.15) is 11.5 Å². The van der Waals surface area contributed by atoms with E-state index in [0.717, 1.165) is 34.9 Å². The largest absolute Gasteiger partial charge is 0.516 e. The number of rotatable bonds is 6. The van der Waals surface area contributed by atoms with Gasteiger partial charge in [0.25, 0.3) is 0 Å². The molecule has 2 unspecified atom stereocenters. The Labute approximate surface area is 165 Å². The molecule has 150 valence electrons. The van der Waals surface area contributed by atoms with Crippen molar-refractivity contribution in [1.29, 1.82) is 0 Å². The third-order valence-electron chi connectivity index (χ3n) is 5.52. The Morgan fingerprint density at radius 1 is 1.07 bits per heavy atom. The highest BCUT2D eigenvalue weighted by Gasteiger charge is 2.33. The topological polar surface area (TPSA) is 90.2 Å². The molecular weight excluding hydrogens is 356 g/mol. The van der Waals surface area contributed by atoms with Crippen molar-refractivity contribution in [1.82, 2.24) is 0 Å². The molecule has 1 fully saturated rings. The summed E-state index contributed by atoms with van der Waals surface area (Å²) < 4.78 is 5.62. The standard InChI is InChI=1S/C23H28O5/c1-14-9-16(3-6-24)11-19(22(14)26)21(18-5-8-28-13-18)20-12-17(4-7-25)10-15(2)23(20)27/h3,6,9-12,18,21,24-27H,4-5,7-8,13H2,1-2H3. The Kier molecular flexibility index (Phi) is 6.27. The van der Waals surface area contributed by atoms with Crippen LogP contribution in [0.2, 0.25) is 0 Å². The van der Waals surface area contributed by atoms with Gasteiger partial charge in [-0.15, -0.1) is 0 Å². The molecule has 0 radical (unpaired) electrons. The monoisotopic (exact) mass is 384 g/mol. The number of aromatic hydroxyl groups is 2. The zero-order valence-corrected chi connectivity index (χ0v) is 16.4. The van der Waals surface area contributed by atoms with E-state index in [9.17, 15) is 20.4 Å². The molecule has 5 nitrogen and oxygen atoms in total. The Morgan fingerprint density at radius 3 is 2.36 bits per heavy atom. The normalized spacial score (nSPS) is 18.0. The van der Waals surface area contributed by atoms with Crippen LogP contribution in [0.5, 0.6) is 11.5 Å². The van der Waals surface area contributed by atoms with Crippen LogP contribution < -0.4 is 0 Å². The molecule has 0 bridgehead atoms. The maximum Gasteiger partial charge on any atom is 0.122 e. The molecule has 0 aliphatic carbocycles. The number of hydrogen-bond acceptors (Lipinski definition) is 5. The van der Waals surface area contributed by atoms with E-state index < -0.39 is 0 Å². The minimum atomic E-state index is -0.259. The third kappa shape index (κ3) is 4.01. The smallest absolute Gasteiger partial charge is 0.122 e. The molecular formula is C23H28O5. The summed E-state index contributed by atoms with van der Waals surface area (Å²) in [6.45, 7) is 4.89. The summed E-state index contributed by atoms with van der Waals surface area (Å²) in [5.74, 6) is 0.245. The van der Waals surface area contributed by atoms with Crippen molar-refractivity contribution >= 4 is 6.08 Å². The van der Waals surface area contributed by atoms with Gasteiger partial charge < -0.3 is 25.2 Å². The minimum absolute atomic E-state index is 0.0298. The molecule has 3 rings (SSSR count). The summed E-state index contributed by atoms with van der Waals surface area (Å²) in [6, 6.07) is 7.46. The van der Waals surface area contributed by atoms with Crippen LogP contribution in [-0.4, -0.2) is 40.2 Å². The van der Waals surface area contributed by atoms with E-state index in [2.05, 4.69) is 0 Å². The van der Waals surface area contributed by atoms with Crippen molar-refractivity contribution in [2.45, 2.75) is 32.6 Å². The quantitative estimate of drug-likeness (QED) is 0.566. The van der Waals surface area contributed by atoms with Gasteiger partial charge in [-0.2, -0.15) is 0 Å². The van der Waals surface area contributed by atoms with Gasteiger partial charge in [-0.25, -0.2) is 0 Å². The molecule has 2 aromatic rings. The predicted molar refractivity (Wildman–Crippen MR) is 109 cm³/mol. The van der Waals surface area contributed by atoms with Gasteiger partial charge in [0, 0.05) is 30.3 Å². The second-order valence-electron chi connectivity index (χ2n) is 7.52. The van der Waals surface area contributed by atoms with Crippen LogP contribution in [0.25, 0.3) is 6.08 Å². The van der Waals surface area contributed by atoms with Crippen LogP contribution in [0.1, 0.15) is 45.7 Å². The van der Waals surface area contributed by atoms with Crippen molar-refractivity contribution in [3.05, 3.63) is 63.9 Å². The molecule has 0 saturated carbocycles. The van der Waals surface area contributed by atoms with Gasteiger partial charge in [0.2, 0.25) is 0 Å². The first-order valence-corrected chi connectivity index (χ1v) is 9.61. The fourth-order valence-electron chi connectivity index (χ4n) is 4.14. The first kappa shape index (κ1) is 20.2. The fraction of sp³-hybridized carbons (Fsp3) is 0.391. The lowest BCUT2D eigenvalue weighted by atomic mass is 9.77. The first-order chi connectivity index (χ1) is 13.5. The van der Waals surface area contributed by atoms with E-state index in [-0.39, 0.29) is 29.9 Å². The number of benzene rings is 2. The average Bonchev–Trinajstić information content (AvgIpc) is 3.18. The predicted octanol–water partition coefficient (Wildman–Crippen LogP) is 3.95. The lowest BCUT2D eigenvalue weighted by Crippen LogP contribution is -2.16. The Hall–Kier alpha value is -2.50. The Morgan fingerprint density at radius 2 is 1.75 bits per heavy atom. The molecule has 1 aliphatic rings. The van der Waals surface area contributed by atoms with Crippen molar-refractivity contribution in [3.63, 3.8) is 0 Å². The molecule has 0 spiro atoms. The molecule has 1 saturated heterocycles. The number of aryl methyl sites for hydroxylation is 2. The molecule has 0 amide bonds. The molecule has 1 aliphatic heterocycles. The van der Waals surface area contributed by atoms with Gasteiger partial charge in [-0.3, -0.25) is 0 Å². The van der Waals surface area contributed by atoms with Crippen molar-refractivity contribution in [2.75, 3.05) is 19.8 Å². The highest BCUT2D eigenvalue weighted by Crippen LogP contribution is 2.46. The van der Waals surface area contributed by atoms with E-state index in [1.54, 1.807) is 12.1 Å². The molecule has 0 aromatic heterocycles. The zero-order chi connectivity index (χ0) is 20.3. The summed E-state index contributed by atoms with van der Waals surface area (Å²) in [4.78, 5) is 0. The van der Waals surface area contributed by atoms with Crippen LogP contribution >= 0.6 is 0 Å². The lowest BCUT2D eigenvalue weighted by Gasteiger charge is -2.27. The summed E-state index contributed by atoms with van der Waals surface area (Å²) in [5.41, 5.74) is 4.61.